The van der Waals surface area contributed by atoms with E-state index in [-0.39, 0.29) is 5.91 Å². The fraction of sp³-hybridized carbons (Fsp3) is 0.105. The zero-order valence-electron chi connectivity index (χ0n) is 11.8. The van der Waals surface area contributed by atoms with Crippen molar-refractivity contribution in [2.24, 2.45) is 0 Å². The molecule has 0 atom stereocenters. The van der Waals surface area contributed by atoms with Gasteiger partial charge in [-0.15, -0.1) is 0 Å². The van der Waals surface area contributed by atoms with E-state index in [1.54, 1.807) is 0 Å². The largest absolute Gasteiger partial charge is 0.352 e. The van der Waals surface area contributed by atoms with Gasteiger partial charge in [0.2, 0.25) is 0 Å². The highest BCUT2D eigenvalue weighted by atomic mass is 16.1. The lowest BCUT2D eigenvalue weighted by Gasteiger charge is -2.06. The molecule has 0 spiro atoms. The molecule has 0 heterocycles. The van der Waals surface area contributed by atoms with Crippen molar-refractivity contribution >= 4 is 16.7 Å². The van der Waals surface area contributed by atoms with Crippen molar-refractivity contribution in [2.45, 2.75) is 6.42 Å². The highest BCUT2D eigenvalue weighted by Gasteiger charge is 2.05. The molecule has 0 saturated carbocycles. The van der Waals surface area contributed by atoms with E-state index in [0.717, 1.165) is 17.2 Å². The maximum atomic E-state index is 12.2. The molecule has 0 aliphatic carbocycles. The summed E-state index contributed by atoms with van der Waals surface area (Å²) in [7, 11) is 0. The summed E-state index contributed by atoms with van der Waals surface area (Å²) >= 11 is 0. The molecule has 1 amide bonds. The number of carbonyl (C=O) groups excluding carboxylic acids is 1. The van der Waals surface area contributed by atoms with E-state index in [0.29, 0.717) is 12.1 Å². The number of hydrogen-bond acceptors (Lipinski definition) is 1. The van der Waals surface area contributed by atoms with Gasteiger partial charge in [0.15, 0.2) is 0 Å². The Morgan fingerprint density at radius 3 is 2.33 bits per heavy atom. The van der Waals surface area contributed by atoms with Gasteiger partial charge in [0.05, 0.1) is 0 Å². The van der Waals surface area contributed by atoms with Gasteiger partial charge in [0.1, 0.15) is 0 Å². The molecule has 0 aromatic heterocycles. The molecule has 0 fully saturated rings. The minimum absolute atomic E-state index is 0.0170. The zero-order chi connectivity index (χ0) is 14.5. The van der Waals surface area contributed by atoms with Crippen LogP contribution in [0, 0.1) is 0 Å². The van der Waals surface area contributed by atoms with Gasteiger partial charge < -0.3 is 5.32 Å². The maximum absolute atomic E-state index is 12.2. The minimum Gasteiger partial charge on any atom is -0.352 e. The Morgan fingerprint density at radius 2 is 1.52 bits per heavy atom. The number of nitrogens with one attached hydrogen (secondary N) is 1. The SMILES string of the molecule is O=C(NCCc1ccccc1)c1ccc2ccccc2c1. The van der Waals surface area contributed by atoms with Crippen molar-refractivity contribution in [1.29, 1.82) is 0 Å². The lowest BCUT2D eigenvalue weighted by Crippen LogP contribution is -2.25. The van der Waals surface area contributed by atoms with Gasteiger partial charge in [-0.3, -0.25) is 4.79 Å². The normalized spacial score (nSPS) is 10.5. The predicted molar refractivity (Wildman–Crippen MR) is 86.4 cm³/mol. The van der Waals surface area contributed by atoms with E-state index < -0.39 is 0 Å². The van der Waals surface area contributed by atoms with E-state index in [1.165, 1.54) is 5.56 Å². The highest BCUT2D eigenvalue weighted by molar-refractivity contribution is 5.98. The molecule has 0 bridgehead atoms. The van der Waals surface area contributed by atoms with Crippen LogP contribution in [0.1, 0.15) is 15.9 Å². The minimum atomic E-state index is -0.0170. The van der Waals surface area contributed by atoms with E-state index >= 15 is 0 Å². The molecule has 0 unspecified atom stereocenters. The summed E-state index contributed by atoms with van der Waals surface area (Å²) in [5.74, 6) is -0.0170. The number of carbonyl (C=O) groups is 1. The second-order valence-electron chi connectivity index (χ2n) is 5.05. The zero-order valence-corrected chi connectivity index (χ0v) is 11.8. The van der Waals surface area contributed by atoms with Gasteiger partial charge in [-0.1, -0.05) is 60.7 Å². The third kappa shape index (κ3) is 3.29. The van der Waals surface area contributed by atoms with E-state index in [2.05, 4.69) is 17.4 Å². The molecular weight excluding hydrogens is 258 g/mol. The van der Waals surface area contributed by atoms with Crippen LogP contribution in [0.15, 0.2) is 72.8 Å². The van der Waals surface area contributed by atoms with Crippen molar-refractivity contribution in [3.63, 3.8) is 0 Å². The van der Waals surface area contributed by atoms with Crippen LogP contribution in [-0.2, 0) is 6.42 Å². The molecule has 0 radical (unpaired) electrons. The van der Waals surface area contributed by atoms with Crippen LogP contribution < -0.4 is 5.32 Å². The number of hydrogen-bond donors (Lipinski definition) is 1. The number of amides is 1. The van der Waals surface area contributed by atoms with Gasteiger partial charge in [-0.25, -0.2) is 0 Å². The van der Waals surface area contributed by atoms with Gasteiger partial charge in [0.25, 0.3) is 5.91 Å². The molecule has 2 nitrogen and oxygen atoms in total. The predicted octanol–water partition coefficient (Wildman–Crippen LogP) is 3.81. The molecule has 0 saturated heterocycles. The third-order valence-corrected chi connectivity index (χ3v) is 3.55. The van der Waals surface area contributed by atoms with Crippen molar-refractivity contribution in [3.05, 3.63) is 83.9 Å². The second kappa shape index (κ2) is 6.23. The van der Waals surface area contributed by atoms with Crippen LogP contribution in [0.2, 0.25) is 0 Å². The molecule has 21 heavy (non-hydrogen) atoms. The van der Waals surface area contributed by atoms with Gasteiger partial charge in [0, 0.05) is 12.1 Å². The van der Waals surface area contributed by atoms with Gasteiger partial charge >= 0.3 is 0 Å². The summed E-state index contributed by atoms with van der Waals surface area (Å²) in [6.45, 7) is 0.648. The first kappa shape index (κ1) is 13.4. The van der Waals surface area contributed by atoms with Crippen LogP contribution in [0.3, 0.4) is 0 Å². The molecular formula is C19H17NO. The number of benzene rings is 3. The van der Waals surface area contributed by atoms with Crippen molar-refractivity contribution in [3.8, 4) is 0 Å². The first-order valence-corrected chi connectivity index (χ1v) is 7.14. The van der Waals surface area contributed by atoms with Crippen molar-refractivity contribution < 1.29 is 4.79 Å². The lowest BCUT2D eigenvalue weighted by atomic mass is 10.1. The van der Waals surface area contributed by atoms with Crippen LogP contribution in [0.4, 0.5) is 0 Å². The second-order valence-corrected chi connectivity index (χ2v) is 5.05. The molecule has 3 aromatic rings. The smallest absolute Gasteiger partial charge is 0.251 e. The fourth-order valence-electron chi connectivity index (χ4n) is 2.40. The van der Waals surface area contributed by atoms with E-state index in [1.807, 2.05) is 60.7 Å². The van der Waals surface area contributed by atoms with Crippen molar-refractivity contribution in [1.82, 2.24) is 5.32 Å². The third-order valence-electron chi connectivity index (χ3n) is 3.55. The molecule has 104 valence electrons. The Morgan fingerprint density at radius 1 is 0.810 bits per heavy atom. The van der Waals surface area contributed by atoms with Gasteiger partial charge in [-0.05, 0) is 34.9 Å². The summed E-state index contributed by atoms with van der Waals surface area (Å²) in [5, 5.41) is 5.22. The van der Waals surface area contributed by atoms with Crippen LogP contribution in [0.5, 0.6) is 0 Å². The van der Waals surface area contributed by atoms with Crippen LogP contribution >= 0.6 is 0 Å². The molecule has 3 rings (SSSR count). The Kier molecular flexibility index (Phi) is 3.97. The van der Waals surface area contributed by atoms with Crippen LogP contribution in [0.25, 0.3) is 10.8 Å². The Hall–Kier alpha value is -2.61. The van der Waals surface area contributed by atoms with Gasteiger partial charge in [-0.2, -0.15) is 0 Å². The summed E-state index contributed by atoms with van der Waals surface area (Å²) in [4.78, 5) is 12.2. The first-order chi connectivity index (χ1) is 10.3. The number of rotatable bonds is 4. The Bertz CT molecular complexity index is 750. The Labute approximate surface area is 124 Å². The molecule has 0 aliphatic heterocycles. The fourth-order valence-corrected chi connectivity index (χ4v) is 2.40. The maximum Gasteiger partial charge on any atom is 0.251 e. The quantitative estimate of drug-likeness (QED) is 0.770. The highest BCUT2D eigenvalue weighted by Crippen LogP contribution is 2.15. The topological polar surface area (TPSA) is 29.1 Å². The lowest BCUT2D eigenvalue weighted by molar-refractivity contribution is 0.0954. The molecule has 2 heteroatoms. The summed E-state index contributed by atoms with van der Waals surface area (Å²) in [5.41, 5.74) is 1.94. The average Bonchev–Trinajstić information content (AvgIpc) is 2.55. The summed E-state index contributed by atoms with van der Waals surface area (Å²) < 4.78 is 0. The number of fused-ring (bicyclic) bond motifs is 1. The molecule has 3 aromatic carbocycles. The Balaban J connectivity index is 1.64. The van der Waals surface area contributed by atoms with E-state index in [9.17, 15) is 4.79 Å². The van der Waals surface area contributed by atoms with Crippen molar-refractivity contribution in [2.75, 3.05) is 6.54 Å². The average molecular weight is 275 g/mol. The summed E-state index contributed by atoms with van der Waals surface area (Å²) in [6, 6.07) is 24.0. The van der Waals surface area contributed by atoms with E-state index in [4.69, 9.17) is 0 Å². The van der Waals surface area contributed by atoms with Crippen LogP contribution in [-0.4, -0.2) is 12.5 Å². The standard InChI is InChI=1S/C19H17NO/c21-19(20-13-12-15-6-2-1-3-7-15)18-11-10-16-8-4-5-9-17(16)14-18/h1-11,14H,12-13H2,(H,20,21). The monoisotopic (exact) mass is 275 g/mol. The summed E-state index contributed by atoms with van der Waals surface area (Å²) in [6.07, 6.45) is 0.847. The molecule has 1 N–H and O–H groups in total. The molecule has 0 aliphatic rings. The first-order valence-electron chi connectivity index (χ1n) is 7.14.